The summed E-state index contributed by atoms with van der Waals surface area (Å²) in [5, 5.41) is 20.9. The Hall–Kier alpha value is -2.88. The van der Waals surface area contributed by atoms with E-state index in [-0.39, 0.29) is 17.4 Å². The maximum Gasteiger partial charge on any atom is 0.326 e. The molecule has 1 aliphatic heterocycles. The number of rotatable bonds is 5. The van der Waals surface area contributed by atoms with Gasteiger partial charge in [-0.15, -0.1) is 0 Å². The fourth-order valence-electron chi connectivity index (χ4n) is 2.93. The van der Waals surface area contributed by atoms with Crippen molar-refractivity contribution in [3.63, 3.8) is 0 Å². The van der Waals surface area contributed by atoms with Gasteiger partial charge in [0, 0.05) is 12.1 Å². The lowest BCUT2D eigenvalue weighted by molar-refractivity contribution is -0.149. The van der Waals surface area contributed by atoms with Crippen molar-refractivity contribution in [2.24, 2.45) is 5.92 Å². The molecule has 132 valence electrons. The highest BCUT2D eigenvalue weighted by Crippen LogP contribution is 2.20. The SMILES string of the molecule is CC(C)[C@H](NC(=O)c1cccc(C#N)c1)C(=O)N1CCC[C@H]1C(=O)O. The number of nitrogens with one attached hydrogen (secondary N) is 1. The standard InChI is InChI=1S/C18H21N3O4/c1-11(2)15(17(23)21-8-4-7-14(21)18(24)25)20-16(22)13-6-3-5-12(9-13)10-19/h3,5-6,9,11,14-15H,4,7-8H2,1-2H3,(H,20,22)(H,24,25)/t14-,15-/m0/s1. The van der Waals surface area contributed by atoms with E-state index in [2.05, 4.69) is 5.32 Å². The number of aliphatic carboxylic acids is 1. The van der Waals surface area contributed by atoms with Crippen LogP contribution in [0.15, 0.2) is 24.3 Å². The Kier molecular flexibility index (Phi) is 5.75. The van der Waals surface area contributed by atoms with Crippen LogP contribution in [0.1, 0.15) is 42.6 Å². The number of amides is 2. The van der Waals surface area contributed by atoms with Gasteiger partial charge < -0.3 is 15.3 Å². The van der Waals surface area contributed by atoms with Crippen molar-refractivity contribution in [3.05, 3.63) is 35.4 Å². The Morgan fingerprint density at radius 1 is 1.36 bits per heavy atom. The van der Waals surface area contributed by atoms with Crippen LogP contribution in [0.5, 0.6) is 0 Å². The van der Waals surface area contributed by atoms with Gasteiger partial charge in [0.2, 0.25) is 5.91 Å². The van der Waals surface area contributed by atoms with Gasteiger partial charge in [-0.25, -0.2) is 4.79 Å². The van der Waals surface area contributed by atoms with Crippen molar-refractivity contribution in [2.45, 2.75) is 38.8 Å². The third kappa shape index (κ3) is 4.15. The molecule has 2 amide bonds. The number of hydrogen-bond acceptors (Lipinski definition) is 4. The molecular formula is C18H21N3O4. The van der Waals surface area contributed by atoms with Gasteiger partial charge in [-0.3, -0.25) is 9.59 Å². The van der Waals surface area contributed by atoms with Crippen molar-refractivity contribution in [1.29, 1.82) is 5.26 Å². The Morgan fingerprint density at radius 3 is 2.68 bits per heavy atom. The number of carbonyl (C=O) groups is 3. The molecule has 0 aliphatic carbocycles. The summed E-state index contributed by atoms with van der Waals surface area (Å²) in [5.41, 5.74) is 0.638. The van der Waals surface area contributed by atoms with Crippen LogP contribution >= 0.6 is 0 Å². The Bertz CT molecular complexity index is 723. The molecule has 0 radical (unpaired) electrons. The summed E-state index contributed by atoms with van der Waals surface area (Å²) in [6.07, 6.45) is 1.05. The molecule has 1 aromatic rings. The molecule has 1 saturated heterocycles. The molecule has 0 spiro atoms. The highest BCUT2D eigenvalue weighted by atomic mass is 16.4. The summed E-state index contributed by atoms with van der Waals surface area (Å²) in [6.45, 7) is 3.96. The van der Waals surface area contributed by atoms with E-state index in [9.17, 15) is 19.5 Å². The highest BCUT2D eigenvalue weighted by molar-refractivity contribution is 5.98. The normalized spacial score (nSPS) is 17.8. The van der Waals surface area contributed by atoms with Crippen molar-refractivity contribution in [3.8, 4) is 6.07 Å². The zero-order valence-electron chi connectivity index (χ0n) is 14.2. The summed E-state index contributed by atoms with van der Waals surface area (Å²) in [5.74, 6) is -2.08. The van der Waals surface area contributed by atoms with Crippen LogP contribution in [0.3, 0.4) is 0 Å². The number of nitrogens with zero attached hydrogens (tertiary/aromatic N) is 2. The quantitative estimate of drug-likeness (QED) is 0.839. The highest BCUT2D eigenvalue weighted by Gasteiger charge is 2.38. The predicted molar refractivity (Wildman–Crippen MR) is 89.6 cm³/mol. The zero-order chi connectivity index (χ0) is 18.6. The van der Waals surface area contributed by atoms with E-state index in [0.29, 0.717) is 24.9 Å². The third-order valence-electron chi connectivity index (χ3n) is 4.29. The molecule has 7 nitrogen and oxygen atoms in total. The second-order valence-electron chi connectivity index (χ2n) is 6.42. The number of benzene rings is 1. The molecule has 2 rings (SSSR count). The average molecular weight is 343 g/mol. The lowest BCUT2D eigenvalue weighted by atomic mass is 10.0. The molecule has 0 saturated carbocycles. The predicted octanol–water partition coefficient (Wildman–Crippen LogP) is 1.39. The number of carbonyl (C=O) groups excluding carboxylic acids is 2. The molecule has 0 bridgehead atoms. The molecule has 1 heterocycles. The van der Waals surface area contributed by atoms with Crippen LogP contribution in [-0.4, -0.2) is 46.4 Å². The Labute approximate surface area is 146 Å². The number of carboxylic acid groups (broad SMARTS) is 1. The second-order valence-corrected chi connectivity index (χ2v) is 6.42. The van der Waals surface area contributed by atoms with E-state index >= 15 is 0 Å². The lowest BCUT2D eigenvalue weighted by Crippen LogP contribution is -2.53. The second kappa shape index (κ2) is 7.79. The van der Waals surface area contributed by atoms with Crippen molar-refractivity contribution < 1.29 is 19.5 Å². The molecule has 0 aromatic heterocycles. The van der Waals surface area contributed by atoms with E-state index in [1.807, 2.05) is 6.07 Å². The summed E-state index contributed by atoms with van der Waals surface area (Å²) in [4.78, 5) is 37.9. The molecule has 25 heavy (non-hydrogen) atoms. The number of likely N-dealkylation sites (tertiary alicyclic amines) is 1. The van der Waals surface area contributed by atoms with Gasteiger partial charge in [-0.05, 0) is 37.0 Å². The molecule has 7 heteroatoms. The van der Waals surface area contributed by atoms with Crippen LogP contribution in [0.4, 0.5) is 0 Å². The average Bonchev–Trinajstić information content (AvgIpc) is 3.08. The molecule has 1 aliphatic rings. The van der Waals surface area contributed by atoms with Crippen LogP contribution in [0, 0.1) is 17.2 Å². The van der Waals surface area contributed by atoms with Crippen LogP contribution < -0.4 is 5.32 Å². The van der Waals surface area contributed by atoms with E-state index < -0.39 is 24.0 Å². The largest absolute Gasteiger partial charge is 0.480 e. The molecule has 1 fully saturated rings. The maximum absolute atomic E-state index is 12.8. The van der Waals surface area contributed by atoms with Crippen molar-refractivity contribution >= 4 is 17.8 Å². The number of hydrogen-bond donors (Lipinski definition) is 2. The fourth-order valence-corrected chi connectivity index (χ4v) is 2.93. The first-order valence-electron chi connectivity index (χ1n) is 8.19. The monoisotopic (exact) mass is 343 g/mol. The zero-order valence-corrected chi connectivity index (χ0v) is 14.2. The van der Waals surface area contributed by atoms with E-state index in [0.717, 1.165) is 0 Å². The first kappa shape index (κ1) is 18.5. The maximum atomic E-state index is 12.8. The fraction of sp³-hybridized carbons (Fsp3) is 0.444. The molecule has 2 N–H and O–H groups in total. The van der Waals surface area contributed by atoms with E-state index in [1.54, 1.807) is 32.0 Å². The number of nitriles is 1. The van der Waals surface area contributed by atoms with Gasteiger partial charge >= 0.3 is 5.97 Å². The lowest BCUT2D eigenvalue weighted by Gasteiger charge is -2.29. The van der Waals surface area contributed by atoms with Gasteiger partial charge in [0.05, 0.1) is 11.6 Å². The first-order valence-corrected chi connectivity index (χ1v) is 8.19. The van der Waals surface area contributed by atoms with Crippen molar-refractivity contribution in [1.82, 2.24) is 10.2 Å². The van der Waals surface area contributed by atoms with Crippen molar-refractivity contribution in [2.75, 3.05) is 6.54 Å². The minimum absolute atomic E-state index is 0.203. The topological polar surface area (TPSA) is 111 Å². The minimum Gasteiger partial charge on any atom is -0.480 e. The molecular weight excluding hydrogens is 322 g/mol. The molecule has 0 unspecified atom stereocenters. The summed E-state index contributed by atoms with van der Waals surface area (Å²) in [6, 6.07) is 6.50. The third-order valence-corrected chi connectivity index (χ3v) is 4.29. The van der Waals surface area contributed by atoms with Gasteiger partial charge in [0.1, 0.15) is 12.1 Å². The summed E-state index contributed by atoms with van der Waals surface area (Å²) in [7, 11) is 0. The summed E-state index contributed by atoms with van der Waals surface area (Å²) >= 11 is 0. The van der Waals surface area contributed by atoms with Crippen LogP contribution in [0.2, 0.25) is 0 Å². The summed E-state index contributed by atoms with van der Waals surface area (Å²) < 4.78 is 0. The van der Waals surface area contributed by atoms with E-state index in [4.69, 9.17) is 5.26 Å². The van der Waals surface area contributed by atoms with Gasteiger partial charge in [0.15, 0.2) is 0 Å². The Balaban J connectivity index is 2.17. The smallest absolute Gasteiger partial charge is 0.326 e. The van der Waals surface area contributed by atoms with Crippen LogP contribution in [-0.2, 0) is 9.59 Å². The first-order chi connectivity index (χ1) is 11.8. The molecule has 1 aromatic carbocycles. The van der Waals surface area contributed by atoms with Crippen LogP contribution in [0.25, 0.3) is 0 Å². The van der Waals surface area contributed by atoms with Gasteiger partial charge in [-0.2, -0.15) is 5.26 Å². The van der Waals surface area contributed by atoms with E-state index in [1.165, 1.54) is 11.0 Å². The Morgan fingerprint density at radius 2 is 2.08 bits per heavy atom. The van der Waals surface area contributed by atoms with Gasteiger partial charge in [-0.1, -0.05) is 19.9 Å². The van der Waals surface area contributed by atoms with Gasteiger partial charge in [0.25, 0.3) is 5.91 Å². The molecule has 2 atom stereocenters. The minimum atomic E-state index is -1.03. The number of carboxylic acids is 1.